The fraction of sp³-hybridized carbons (Fsp3) is 0.917. The van der Waals surface area contributed by atoms with E-state index < -0.39 is 0 Å². The minimum absolute atomic E-state index is 0.0151. The lowest BCUT2D eigenvalue weighted by Crippen LogP contribution is -2.36. The SMILES string of the molecule is O=C(OCC1CCOCC1)[C@@H]1CCCNC1. The van der Waals surface area contributed by atoms with Crippen LogP contribution in [0.25, 0.3) is 0 Å². The van der Waals surface area contributed by atoms with Crippen LogP contribution in [0.2, 0.25) is 0 Å². The number of nitrogens with one attached hydrogen (secondary N) is 1. The van der Waals surface area contributed by atoms with Crippen molar-refractivity contribution in [1.29, 1.82) is 0 Å². The van der Waals surface area contributed by atoms with Crippen molar-refractivity contribution in [1.82, 2.24) is 5.32 Å². The molecule has 16 heavy (non-hydrogen) atoms. The Balaban J connectivity index is 1.65. The Morgan fingerprint density at radius 1 is 1.31 bits per heavy atom. The lowest BCUT2D eigenvalue weighted by Gasteiger charge is -2.24. The molecule has 92 valence electrons. The van der Waals surface area contributed by atoms with E-state index in [0.717, 1.165) is 52.0 Å². The molecule has 2 heterocycles. The van der Waals surface area contributed by atoms with E-state index in [4.69, 9.17) is 9.47 Å². The summed E-state index contributed by atoms with van der Waals surface area (Å²) >= 11 is 0. The van der Waals surface area contributed by atoms with Gasteiger partial charge in [-0.05, 0) is 38.1 Å². The molecular formula is C12H21NO3. The van der Waals surface area contributed by atoms with Crippen molar-refractivity contribution in [2.24, 2.45) is 11.8 Å². The number of hydrogen-bond donors (Lipinski definition) is 1. The van der Waals surface area contributed by atoms with Crippen LogP contribution in [0.5, 0.6) is 0 Å². The van der Waals surface area contributed by atoms with Crippen LogP contribution in [0.1, 0.15) is 25.7 Å². The molecule has 0 spiro atoms. The molecule has 0 aromatic carbocycles. The molecular weight excluding hydrogens is 206 g/mol. The molecule has 1 N–H and O–H groups in total. The monoisotopic (exact) mass is 227 g/mol. The van der Waals surface area contributed by atoms with Gasteiger partial charge in [-0.1, -0.05) is 0 Å². The Bertz CT molecular complexity index is 220. The number of piperidine rings is 1. The van der Waals surface area contributed by atoms with E-state index in [1.54, 1.807) is 0 Å². The topological polar surface area (TPSA) is 47.6 Å². The Kier molecular flexibility index (Phi) is 4.60. The van der Waals surface area contributed by atoms with Gasteiger partial charge in [0.05, 0.1) is 12.5 Å². The summed E-state index contributed by atoms with van der Waals surface area (Å²) < 4.78 is 10.7. The molecule has 4 nitrogen and oxygen atoms in total. The number of carbonyl (C=O) groups is 1. The minimum Gasteiger partial charge on any atom is -0.465 e. The first-order chi connectivity index (χ1) is 7.86. The fourth-order valence-corrected chi connectivity index (χ4v) is 2.28. The molecule has 0 aromatic rings. The third kappa shape index (κ3) is 3.46. The largest absolute Gasteiger partial charge is 0.465 e. The molecule has 0 unspecified atom stereocenters. The first-order valence-electron chi connectivity index (χ1n) is 6.31. The first-order valence-corrected chi connectivity index (χ1v) is 6.31. The summed E-state index contributed by atoms with van der Waals surface area (Å²) in [5, 5.41) is 3.23. The van der Waals surface area contributed by atoms with E-state index in [1.165, 1.54) is 0 Å². The third-order valence-electron chi connectivity index (χ3n) is 3.43. The number of rotatable bonds is 3. The number of ether oxygens (including phenoxy) is 2. The maximum Gasteiger partial charge on any atom is 0.310 e. The molecule has 0 amide bonds. The standard InChI is InChI=1S/C12H21NO3/c14-12(11-2-1-5-13-8-11)16-9-10-3-6-15-7-4-10/h10-11,13H,1-9H2/t11-/m1/s1. The van der Waals surface area contributed by atoms with Gasteiger partial charge in [0.2, 0.25) is 0 Å². The minimum atomic E-state index is -0.0151. The van der Waals surface area contributed by atoms with Gasteiger partial charge < -0.3 is 14.8 Å². The molecule has 0 bridgehead atoms. The molecule has 0 aliphatic carbocycles. The lowest BCUT2D eigenvalue weighted by molar-refractivity contribution is -0.151. The predicted molar refractivity (Wildman–Crippen MR) is 60.1 cm³/mol. The highest BCUT2D eigenvalue weighted by Gasteiger charge is 2.23. The number of hydrogen-bond acceptors (Lipinski definition) is 4. The average molecular weight is 227 g/mol. The van der Waals surface area contributed by atoms with Gasteiger partial charge in [-0.3, -0.25) is 4.79 Å². The molecule has 2 saturated heterocycles. The number of carbonyl (C=O) groups excluding carboxylic acids is 1. The zero-order valence-corrected chi connectivity index (χ0v) is 9.74. The molecule has 2 fully saturated rings. The van der Waals surface area contributed by atoms with Gasteiger partial charge in [0.1, 0.15) is 0 Å². The van der Waals surface area contributed by atoms with Crippen molar-refractivity contribution in [3.63, 3.8) is 0 Å². The van der Waals surface area contributed by atoms with Crippen molar-refractivity contribution in [2.75, 3.05) is 32.9 Å². The molecule has 2 aliphatic heterocycles. The van der Waals surface area contributed by atoms with Gasteiger partial charge in [0.15, 0.2) is 0 Å². The van der Waals surface area contributed by atoms with Crippen molar-refractivity contribution >= 4 is 5.97 Å². The maximum atomic E-state index is 11.7. The van der Waals surface area contributed by atoms with Crippen LogP contribution >= 0.6 is 0 Å². The van der Waals surface area contributed by atoms with Crippen molar-refractivity contribution in [2.45, 2.75) is 25.7 Å². The van der Waals surface area contributed by atoms with E-state index in [1.807, 2.05) is 0 Å². The maximum absolute atomic E-state index is 11.7. The van der Waals surface area contributed by atoms with Gasteiger partial charge in [0, 0.05) is 19.8 Å². The molecule has 2 aliphatic rings. The lowest BCUT2D eigenvalue weighted by atomic mass is 9.99. The Morgan fingerprint density at radius 2 is 2.12 bits per heavy atom. The summed E-state index contributed by atoms with van der Waals surface area (Å²) in [7, 11) is 0. The van der Waals surface area contributed by atoms with Crippen LogP contribution in [0, 0.1) is 11.8 Å². The quantitative estimate of drug-likeness (QED) is 0.729. The molecule has 0 saturated carbocycles. The van der Waals surface area contributed by atoms with Crippen molar-refractivity contribution in [3.8, 4) is 0 Å². The van der Waals surface area contributed by atoms with Gasteiger partial charge in [-0.25, -0.2) is 0 Å². The molecule has 2 rings (SSSR count). The second-order valence-electron chi connectivity index (χ2n) is 4.73. The molecule has 0 aromatic heterocycles. The highest BCUT2D eigenvalue weighted by molar-refractivity contribution is 5.72. The molecule has 0 radical (unpaired) electrons. The van der Waals surface area contributed by atoms with E-state index in [-0.39, 0.29) is 11.9 Å². The first kappa shape index (κ1) is 11.9. The van der Waals surface area contributed by atoms with Crippen LogP contribution in [0.3, 0.4) is 0 Å². The van der Waals surface area contributed by atoms with Gasteiger partial charge >= 0.3 is 5.97 Å². The van der Waals surface area contributed by atoms with E-state index in [2.05, 4.69) is 5.32 Å². The van der Waals surface area contributed by atoms with Gasteiger partial charge in [-0.2, -0.15) is 0 Å². The predicted octanol–water partition coefficient (Wildman–Crippen LogP) is 0.956. The van der Waals surface area contributed by atoms with E-state index in [0.29, 0.717) is 12.5 Å². The third-order valence-corrected chi connectivity index (χ3v) is 3.43. The highest BCUT2D eigenvalue weighted by atomic mass is 16.5. The second-order valence-corrected chi connectivity index (χ2v) is 4.73. The van der Waals surface area contributed by atoms with Crippen molar-refractivity contribution in [3.05, 3.63) is 0 Å². The average Bonchev–Trinajstić information content (AvgIpc) is 2.38. The Labute approximate surface area is 96.7 Å². The van der Waals surface area contributed by atoms with Crippen LogP contribution in [-0.4, -0.2) is 38.9 Å². The summed E-state index contributed by atoms with van der Waals surface area (Å²) in [5.74, 6) is 0.571. The van der Waals surface area contributed by atoms with E-state index in [9.17, 15) is 4.79 Å². The van der Waals surface area contributed by atoms with Crippen LogP contribution in [0.4, 0.5) is 0 Å². The Hall–Kier alpha value is -0.610. The summed E-state index contributed by atoms with van der Waals surface area (Å²) in [4.78, 5) is 11.7. The summed E-state index contributed by atoms with van der Waals surface area (Å²) in [6.07, 6.45) is 4.10. The molecule has 4 heteroatoms. The second kappa shape index (κ2) is 6.21. The Morgan fingerprint density at radius 3 is 2.81 bits per heavy atom. The van der Waals surface area contributed by atoms with E-state index >= 15 is 0 Å². The van der Waals surface area contributed by atoms with Crippen LogP contribution in [-0.2, 0) is 14.3 Å². The summed E-state index contributed by atoms with van der Waals surface area (Å²) in [6.45, 7) is 4.02. The summed E-state index contributed by atoms with van der Waals surface area (Å²) in [6, 6.07) is 0. The van der Waals surface area contributed by atoms with Gasteiger partial charge in [-0.15, -0.1) is 0 Å². The highest BCUT2D eigenvalue weighted by Crippen LogP contribution is 2.17. The number of esters is 1. The zero-order chi connectivity index (χ0) is 11.2. The summed E-state index contributed by atoms with van der Waals surface area (Å²) in [5.41, 5.74) is 0. The van der Waals surface area contributed by atoms with Gasteiger partial charge in [0.25, 0.3) is 0 Å². The zero-order valence-electron chi connectivity index (χ0n) is 9.74. The van der Waals surface area contributed by atoms with Crippen LogP contribution < -0.4 is 5.32 Å². The van der Waals surface area contributed by atoms with Crippen molar-refractivity contribution < 1.29 is 14.3 Å². The molecule has 1 atom stereocenters. The smallest absolute Gasteiger partial charge is 0.310 e. The normalized spacial score (nSPS) is 27.6. The fourth-order valence-electron chi connectivity index (χ4n) is 2.28. The van der Waals surface area contributed by atoms with Crippen LogP contribution in [0.15, 0.2) is 0 Å².